The fourth-order valence-corrected chi connectivity index (χ4v) is 3.30. The topological polar surface area (TPSA) is 54.6 Å². The molecule has 0 bridgehead atoms. The summed E-state index contributed by atoms with van der Waals surface area (Å²) in [7, 11) is 3.69. The van der Waals surface area contributed by atoms with Crippen molar-refractivity contribution in [2.75, 3.05) is 12.4 Å². The number of allylic oxidation sites excluding steroid dienone is 4. The van der Waals surface area contributed by atoms with E-state index in [1.165, 1.54) is 24.0 Å². The van der Waals surface area contributed by atoms with Crippen LogP contribution in [0.3, 0.4) is 0 Å². The monoisotopic (exact) mass is 387 g/mol. The van der Waals surface area contributed by atoms with Crippen molar-refractivity contribution in [2.24, 2.45) is 17.0 Å². The molecule has 1 fully saturated rings. The normalized spacial score (nSPS) is 15.4. The minimum atomic E-state index is 0.648. The van der Waals surface area contributed by atoms with E-state index in [1.54, 1.807) is 19.5 Å². The zero-order chi connectivity index (χ0) is 20.8. The van der Waals surface area contributed by atoms with Gasteiger partial charge in [0.15, 0.2) is 0 Å². The van der Waals surface area contributed by atoms with E-state index >= 15 is 0 Å². The van der Waals surface area contributed by atoms with Gasteiger partial charge in [-0.1, -0.05) is 36.9 Å². The van der Waals surface area contributed by atoms with Gasteiger partial charge in [-0.05, 0) is 44.2 Å². The van der Waals surface area contributed by atoms with E-state index in [0.29, 0.717) is 5.92 Å². The standard InChI is InChI=1S/C24H29N5/c1-6-7-14-26-17(2)22(15-25-4)18(3)27-23-16-29(5)28-24(23)21-11-9-8-10-20(21)19-12-13-19/h6-11,14-16,19,27H,3,12-13H2,1-2,4-5H3/b7-6-,22-17-,25-15?,26-14-. The summed E-state index contributed by atoms with van der Waals surface area (Å²) in [5.74, 6) is 0.648. The van der Waals surface area contributed by atoms with Gasteiger partial charge in [0.05, 0.1) is 5.69 Å². The number of nitrogens with zero attached hydrogens (tertiary/aromatic N) is 4. The number of aliphatic imine (C=N–C) groups is 2. The van der Waals surface area contributed by atoms with Crippen LogP contribution in [0.2, 0.25) is 0 Å². The molecule has 0 spiro atoms. The van der Waals surface area contributed by atoms with Crippen LogP contribution in [-0.4, -0.2) is 29.3 Å². The largest absolute Gasteiger partial charge is 0.352 e. The Balaban J connectivity index is 1.94. The maximum absolute atomic E-state index is 4.74. The summed E-state index contributed by atoms with van der Waals surface area (Å²) >= 11 is 0. The molecule has 2 aromatic rings. The lowest BCUT2D eigenvalue weighted by Gasteiger charge is -2.13. The van der Waals surface area contributed by atoms with E-state index in [1.807, 2.05) is 43.9 Å². The van der Waals surface area contributed by atoms with Crippen LogP contribution >= 0.6 is 0 Å². The molecule has 0 aliphatic heterocycles. The molecule has 0 saturated heterocycles. The van der Waals surface area contributed by atoms with Crippen LogP contribution in [0.5, 0.6) is 0 Å². The number of aromatic nitrogens is 2. The van der Waals surface area contributed by atoms with Crippen LogP contribution in [-0.2, 0) is 7.05 Å². The third-order valence-electron chi connectivity index (χ3n) is 4.87. The zero-order valence-electron chi connectivity index (χ0n) is 17.7. The van der Waals surface area contributed by atoms with Gasteiger partial charge in [-0.2, -0.15) is 5.10 Å². The highest BCUT2D eigenvalue weighted by atomic mass is 15.3. The highest BCUT2D eigenvalue weighted by molar-refractivity contribution is 5.89. The number of benzene rings is 1. The van der Waals surface area contributed by atoms with Gasteiger partial charge in [0.2, 0.25) is 0 Å². The molecule has 1 N–H and O–H groups in total. The second-order valence-corrected chi connectivity index (χ2v) is 7.22. The molecule has 5 nitrogen and oxygen atoms in total. The molecule has 29 heavy (non-hydrogen) atoms. The summed E-state index contributed by atoms with van der Waals surface area (Å²) < 4.78 is 1.84. The average molecular weight is 388 g/mol. The van der Waals surface area contributed by atoms with Crippen molar-refractivity contribution >= 4 is 18.1 Å². The highest BCUT2D eigenvalue weighted by Crippen LogP contribution is 2.45. The van der Waals surface area contributed by atoms with E-state index in [0.717, 1.165) is 28.3 Å². The summed E-state index contributed by atoms with van der Waals surface area (Å²) in [5.41, 5.74) is 6.87. The van der Waals surface area contributed by atoms with Crippen molar-refractivity contribution < 1.29 is 0 Å². The number of anilines is 1. The molecule has 0 amide bonds. The number of aryl methyl sites for hydroxylation is 1. The van der Waals surface area contributed by atoms with E-state index in [2.05, 4.69) is 46.1 Å². The van der Waals surface area contributed by atoms with Crippen LogP contribution in [0.1, 0.15) is 38.2 Å². The van der Waals surface area contributed by atoms with Gasteiger partial charge in [-0.25, -0.2) is 0 Å². The molecule has 150 valence electrons. The lowest BCUT2D eigenvalue weighted by Crippen LogP contribution is -2.05. The summed E-state index contributed by atoms with van der Waals surface area (Å²) in [5, 5.41) is 8.19. The third-order valence-corrected chi connectivity index (χ3v) is 4.87. The number of nitrogens with one attached hydrogen (secondary N) is 1. The first-order valence-electron chi connectivity index (χ1n) is 9.92. The Morgan fingerprint density at radius 1 is 1.31 bits per heavy atom. The Bertz CT molecular complexity index is 1000. The molecular formula is C24H29N5. The van der Waals surface area contributed by atoms with Crippen LogP contribution in [0.15, 0.2) is 76.1 Å². The molecule has 1 aromatic carbocycles. The molecule has 1 aliphatic carbocycles. The molecule has 0 unspecified atom stereocenters. The predicted molar refractivity (Wildman–Crippen MR) is 124 cm³/mol. The van der Waals surface area contributed by atoms with Crippen molar-refractivity contribution in [3.63, 3.8) is 0 Å². The quantitative estimate of drug-likeness (QED) is 0.479. The van der Waals surface area contributed by atoms with E-state index in [4.69, 9.17) is 5.10 Å². The predicted octanol–water partition coefficient (Wildman–Crippen LogP) is 5.51. The van der Waals surface area contributed by atoms with Gasteiger partial charge in [-0.3, -0.25) is 14.7 Å². The molecule has 5 heteroatoms. The Hall–Kier alpha value is -3.21. The molecule has 1 aromatic heterocycles. The van der Waals surface area contributed by atoms with Gasteiger partial charge in [-0.15, -0.1) is 0 Å². The van der Waals surface area contributed by atoms with E-state index in [9.17, 15) is 0 Å². The molecule has 0 radical (unpaired) electrons. The van der Waals surface area contributed by atoms with Gasteiger partial charge >= 0.3 is 0 Å². The van der Waals surface area contributed by atoms with Crippen molar-refractivity contribution in [3.05, 3.63) is 71.7 Å². The number of hydrogen-bond acceptors (Lipinski definition) is 4. The summed E-state index contributed by atoms with van der Waals surface area (Å²) in [6.45, 7) is 8.16. The second-order valence-electron chi connectivity index (χ2n) is 7.22. The van der Waals surface area contributed by atoms with Gasteiger partial charge < -0.3 is 5.32 Å². The van der Waals surface area contributed by atoms with Gasteiger partial charge in [0.1, 0.15) is 5.69 Å². The Morgan fingerprint density at radius 3 is 2.76 bits per heavy atom. The first kappa shape index (κ1) is 20.5. The average Bonchev–Trinajstić information content (AvgIpc) is 3.49. The number of rotatable bonds is 8. The smallest absolute Gasteiger partial charge is 0.116 e. The first-order valence-corrected chi connectivity index (χ1v) is 9.92. The Labute approximate surface area is 173 Å². The maximum Gasteiger partial charge on any atom is 0.116 e. The lowest BCUT2D eigenvalue weighted by atomic mass is 10.00. The summed E-state index contributed by atoms with van der Waals surface area (Å²) in [4.78, 5) is 8.66. The van der Waals surface area contributed by atoms with Crippen molar-refractivity contribution in [2.45, 2.75) is 32.6 Å². The Kier molecular flexibility index (Phi) is 6.60. The minimum absolute atomic E-state index is 0.648. The van der Waals surface area contributed by atoms with Crippen LogP contribution < -0.4 is 5.32 Å². The van der Waals surface area contributed by atoms with Crippen LogP contribution in [0.25, 0.3) is 11.3 Å². The van der Waals surface area contributed by atoms with Gasteiger partial charge in [0.25, 0.3) is 0 Å². The second kappa shape index (κ2) is 9.32. The molecule has 1 heterocycles. The van der Waals surface area contributed by atoms with Gasteiger partial charge in [0, 0.05) is 55.3 Å². The highest BCUT2D eigenvalue weighted by Gasteiger charge is 2.27. The first-order chi connectivity index (χ1) is 14.0. The fourth-order valence-electron chi connectivity index (χ4n) is 3.30. The summed E-state index contributed by atoms with van der Waals surface area (Å²) in [6, 6.07) is 8.55. The third kappa shape index (κ3) is 4.99. The van der Waals surface area contributed by atoms with Crippen LogP contribution in [0, 0.1) is 0 Å². The SMILES string of the molecule is C=C(Nc1cn(C)nc1-c1ccccc1C1CC1)\C(C=NC)=C(C)/N=C\C=C/C. The molecule has 3 rings (SSSR count). The van der Waals surface area contributed by atoms with Crippen molar-refractivity contribution in [1.82, 2.24) is 9.78 Å². The summed E-state index contributed by atoms with van der Waals surface area (Å²) in [6.07, 6.45) is 11.9. The maximum atomic E-state index is 4.74. The molecule has 1 aliphatic rings. The minimum Gasteiger partial charge on any atom is -0.352 e. The van der Waals surface area contributed by atoms with E-state index < -0.39 is 0 Å². The molecular weight excluding hydrogens is 358 g/mol. The van der Waals surface area contributed by atoms with Crippen molar-refractivity contribution in [3.8, 4) is 11.3 Å². The molecule has 0 atom stereocenters. The Morgan fingerprint density at radius 2 is 2.07 bits per heavy atom. The zero-order valence-corrected chi connectivity index (χ0v) is 17.7. The van der Waals surface area contributed by atoms with Crippen molar-refractivity contribution in [1.29, 1.82) is 0 Å². The molecule has 1 saturated carbocycles. The number of hydrogen-bond donors (Lipinski definition) is 1. The van der Waals surface area contributed by atoms with E-state index in [-0.39, 0.29) is 0 Å². The lowest BCUT2D eigenvalue weighted by molar-refractivity contribution is 0.770. The fraction of sp³-hybridized carbons (Fsp3) is 0.292. The van der Waals surface area contributed by atoms with Crippen LogP contribution in [0.4, 0.5) is 5.69 Å².